The lowest BCUT2D eigenvalue weighted by Gasteiger charge is -2.24. The predicted molar refractivity (Wildman–Crippen MR) is 101 cm³/mol. The van der Waals surface area contributed by atoms with E-state index in [-0.39, 0.29) is 24.0 Å². The van der Waals surface area contributed by atoms with Crippen molar-refractivity contribution in [1.82, 2.24) is 4.57 Å². The Morgan fingerprint density at radius 1 is 1.28 bits per heavy atom. The van der Waals surface area contributed by atoms with Gasteiger partial charge in [0.25, 0.3) is 0 Å². The molecule has 4 nitrogen and oxygen atoms in total. The van der Waals surface area contributed by atoms with Crippen molar-refractivity contribution in [2.75, 3.05) is 13.2 Å². The van der Waals surface area contributed by atoms with Crippen molar-refractivity contribution < 1.29 is 14.6 Å². The Bertz CT molecular complexity index is 754. The number of aliphatic hydroxyl groups excluding tert-OH is 1. The average molecular weight is 345 g/mol. The Kier molecular flexibility index (Phi) is 4.73. The maximum atomic E-state index is 9.45. The fourth-order valence-corrected chi connectivity index (χ4v) is 3.58. The highest BCUT2D eigenvalue weighted by Crippen LogP contribution is 2.33. The van der Waals surface area contributed by atoms with Crippen LogP contribution in [-0.4, -0.2) is 34.8 Å². The van der Waals surface area contributed by atoms with Crippen molar-refractivity contribution in [2.45, 2.75) is 71.3 Å². The van der Waals surface area contributed by atoms with Gasteiger partial charge >= 0.3 is 0 Å². The van der Waals surface area contributed by atoms with Crippen molar-refractivity contribution >= 4 is 10.9 Å². The van der Waals surface area contributed by atoms with Gasteiger partial charge in [0.1, 0.15) is 6.10 Å². The summed E-state index contributed by atoms with van der Waals surface area (Å²) in [6, 6.07) is 8.79. The third kappa shape index (κ3) is 3.76. The molecule has 0 spiro atoms. The SMILES string of the molecule is CC(CO)c1ccc2c(c1)cc(C(C)(C)C)n2C[C@@H]1COC(C)(C)O1. The van der Waals surface area contributed by atoms with Gasteiger partial charge in [-0.2, -0.15) is 0 Å². The average Bonchev–Trinajstić information content (AvgIpc) is 3.06. The third-order valence-electron chi connectivity index (χ3n) is 4.99. The van der Waals surface area contributed by atoms with Crippen LogP contribution < -0.4 is 0 Å². The molecule has 2 atom stereocenters. The first kappa shape index (κ1) is 18.4. The topological polar surface area (TPSA) is 43.6 Å². The van der Waals surface area contributed by atoms with Crippen LogP contribution in [0.25, 0.3) is 10.9 Å². The molecule has 25 heavy (non-hydrogen) atoms. The van der Waals surface area contributed by atoms with Crippen LogP contribution in [-0.2, 0) is 21.4 Å². The summed E-state index contributed by atoms with van der Waals surface area (Å²) in [5.74, 6) is -0.350. The molecule has 0 bridgehead atoms. The van der Waals surface area contributed by atoms with Gasteiger partial charge in [0, 0.05) is 34.5 Å². The van der Waals surface area contributed by atoms with Crippen molar-refractivity contribution in [3.63, 3.8) is 0 Å². The lowest BCUT2D eigenvalue weighted by Crippen LogP contribution is -2.26. The highest BCUT2D eigenvalue weighted by atomic mass is 16.7. The molecular weight excluding hydrogens is 314 g/mol. The van der Waals surface area contributed by atoms with E-state index < -0.39 is 5.79 Å². The Balaban J connectivity index is 2.02. The van der Waals surface area contributed by atoms with E-state index in [1.807, 2.05) is 13.8 Å². The molecule has 1 saturated heterocycles. The van der Waals surface area contributed by atoms with Crippen LogP contribution in [0.4, 0.5) is 0 Å². The summed E-state index contributed by atoms with van der Waals surface area (Å²) in [4.78, 5) is 0. The minimum atomic E-state index is -0.501. The Hall–Kier alpha value is -1.36. The highest BCUT2D eigenvalue weighted by molar-refractivity contribution is 5.82. The molecule has 3 rings (SSSR count). The van der Waals surface area contributed by atoms with Crippen LogP contribution in [0, 0.1) is 0 Å². The molecule has 1 aromatic heterocycles. The van der Waals surface area contributed by atoms with Crippen LogP contribution in [0.3, 0.4) is 0 Å². The quantitative estimate of drug-likeness (QED) is 0.904. The summed E-state index contributed by atoms with van der Waals surface area (Å²) in [5.41, 5.74) is 3.72. The molecule has 2 heterocycles. The van der Waals surface area contributed by atoms with Gasteiger partial charge < -0.3 is 19.1 Å². The summed E-state index contributed by atoms with van der Waals surface area (Å²) in [6.45, 7) is 14.3. The zero-order valence-electron chi connectivity index (χ0n) is 16.3. The van der Waals surface area contributed by atoms with Crippen molar-refractivity contribution in [1.29, 1.82) is 0 Å². The summed E-state index contributed by atoms with van der Waals surface area (Å²) in [5, 5.41) is 10.7. The molecule has 0 aliphatic carbocycles. The summed E-state index contributed by atoms with van der Waals surface area (Å²) in [7, 11) is 0. The van der Waals surface area contributed by atoms with Gasteiger partial charge in [0.05, 0.1) is 13.2 Å². The summed E-state index contributed by atoms with van der Waals surface area (Å²) in [6.07, 6.45) is 0.0581. The fraction of sp³-hybridized carbons (Fsp3) is 0.619. The second kappa shape index (κ2) is 6.42. The Morgan fingerprint density at radius 3 is 2.56 bits per heavy atom. The largest absolute Gasteiger partial charge is 0.396 e. The van der Waals surface area contributed by atoms with E-state index in [9.17, 15) is 5.11 Å². The summed E-state index contributed by atoms with van der Waals surface area (Å²) >= 11 is 0. The number of ether oxygens (including phenoxy) is 2. The molecule has 1 aliphatic heterocycles. The zero-order chi connectivity index (χ0) is 18.4. The van der Waals surface area contributed by atoms with Gasteiger partial charge in [0.15, 0.2) is 5.79 Å². The van der Waals surface area contributed by atoms with E-state index in [1.165, 1.54) is 22.2 Å². The van der Waals surface area contributed by atoms with Gasteiger partial charge in [-0.25, -0.2) is 0 Å². The van der Waals surface area contributed by atoms with Crippen LogP contribution in [0.1, 0.15) is 58.7 Å². The second-order valence-corrected chi connectivity index (χ2v) is 8.74. The molecule has 1 unspecified atom stereocenters. The monoisotopic (exact) mass is 345 g/mol. The summed E-state index contributed by atoms with van der Waals surface area (Å²) < 4.78 is 14.2. The third-order valence-corrected chi connectivity index (χ3v) is 4.99. The molecule has 0 saturated carbocycles. The lowest BCUT2D eigenvalue weighted by molar-refractivity contribution is -0.139. The number of aliphatic hydroxyl groups is 1. The maximum absolute atomic E-state index is 9.45. The maximum Gasteiger partial charge on any atom is 0.163 e. The van der Waals surface area contributed by atoms with Gasteiger partial charge in [-0.1, -0.05) is 33.8 Å². The minimum absolute atomic E-state index is 0.0384. The number of aromatic nitrogens is 1. The fourth-order valence-electron chi connectivity index (χ4n) is 3.58. The predicted octanol–water partition coefficient (Wildman–Crippen LogP) is 4.19. The standard InChI is InChI=1S/C21H31NO3/c1-14(12-23)15-7-8-18-16(9-15)10-19(20(2,3)4)22(18)11-17-13-24-21(5,6)25-17/h7-10,14,17,23H,11-13H2,1-6H3/t14?,17-/m1/s1. The first-order valence-electron chi connectivity index (χ1n) is 9.17. The second-order valence-electron chi connectivity index (χ2n) is 8.74. The van der Waals surface area contributed by atoms with E-state index in [1.54, 1.807) is 0 Å². The van der Waals surface area contributed by atoms with Gasteiger partial charge in [-0.05, 0) is 37.6 Å². The molecule has 0 radical (unpaired) electrons. The van der Waals surface area contributed by atoms with Gasteiger partial charge in [-0.3, -0.25) is 0 Å². The molecule has 2 aromatic rings. The normalized spacial score (nSPS) is 21.8. The van der Waals surface area contributed by atoms with Crippen LogP contribution in [0.2, 0.25) is 0 Å². The van der Waals surface area contributed by atoms with E-state index in [0.717, 1.165) is 6.54 Å². The number of nitrogens with zero attached hydrogens (tertiary/aromatic N) is 1. The molecule has 1 fully saturated rings. The first-order valence-corrected chi connectivity index (χ1v) is 9.17. The molecule has 0 amide bonds. The van der Waals surface area contributed by atoms with Crippen LogP contribution in [0.5, 0.6) is 0 Å². The number of benzene rings is 1. The zero-order valence-corrected chi connectivity index (χ0v) is 16.3. The number of hydrogen-bond acceptors (Lipinski definition) is 3. The molecular formula is C21H31NO3. The van der Waals surface area contributed by atoms with Gasteiger partial charge in [0.2, 0.25) is 0 Å². The molecule has 4 heteroatoms. The Morgan fingerprint density at radius 2 is 2.00 bits per heavy atom. The molecule has 138 valence electrons. The van der Waals surface area contributed by atoms with E-state index >= 15 is 0 Å². The number of hydrogen-bond donors (Lipinski definition) is 1. The highest BCUT2D eigenvalue weighted by Gasteiger charge is 2.34. The molecule has 1 N–H and O–H groups in total. The molecule has 1 aromatic carbocycles. The van der Waals surface area contributed by atoms with E-state index in [0.29, 0.717) is 6.61 Å². The van der Waals surface area contributed by atoms with Crippen molar-refractivity contribution in [3.8, 4) is 0 Å². The van der Waals surface area contributed by atoms with Crippen LogP contribution >= 0.6 is 0 Å². The Labute approximate surface area is 150 Å². The minimum Gasteiger partial charge on any atom is -0.396 e. The number of fused-ring (bicyclic) bond motifs is 1. The molecule has 1 aliphatic rings. The lowest BCUT2D eigenvalue weighted by atomic mass is 9.92. The van der Waals surface area contributed by atoms with Crippen molar-refractivity contribution in [3.05, 3.63) is 35.5 Å². The smallest absolute Gasteiger partial charge is 0.163 e. The first-order chi connectivity index (χ1) is 11.6. The van der Waals surface area contributed by atoms with Crippen LogP contribution in [0.15, 0.2) is 24.3 Å². The van der Waals surface area contributed by atoms with E-state index in [4.69, 9.17) is 9.47 Å². The van der Waals surface area contributed by atoms with E-state index in [2.05, 4.69) is 56.5 Å². The van der Waals surface area contributed by atoms with Crippen molar-refractivity contribution in [2.24, 2.45) is 0 Å². The number of rotatable bonds is 4. The van der Waals surface area contributed by atoms with Gasteiger partial charge in [-0.15, -0.1) is 0 Å².